The number of carbonyl (C=O) groups excluding carboxylic acids is 2. The predicted octanol–water partition coefficient (Wildman–Crippen LogP) is 3.65. The molecular formula is C23H26ClN3O4. The van der Waals surface area contributed by atoms with Gasteiger partial charge in [0.2, 0.25) is 0 Å². The van der Waals surface area contributed by atoms with E-state index in [2.05, 4.69) is 10.6 Å². The van der Waals surface area contributed by atoms with Crippen LogP contribution >= 0.6 is 11.6 Å². The van der Waals surface area contributed by atoms with Crippen LogP contribution in [-0.2, 0) is 16.1 Å². The fraction of sp³-hybridized carbons (Fsp3) is 0.304. The first-order valence-corrected chi connectivity index (χ1v) is 10.3. The number of nitrogens with zero attached hydrogens (tertiary/aromatic N) is 1. The van der Waals surface area contributed by atoms with Crippen molar-refractivity contribution in [2.24, 2.45) is 0 Å². The minimum absolute atomic E-state index is 0.235. The van der Waals surface area contributed by atoms with Gasteiger partial charge in [-0.3, -0.25) is 4.90 Å². The highest BCUT2D eigenvalue weighted by Crippen LogP contribution is 2.29. The molecule has 0 fully saturated rings. The van der Waals surface area contributed by atoms with Gasteiger partial charge in [0.15, 0.2) is 0 Å². The molecule has 1 aliphatic rings. The zero-order valence-corrected chi connectivity index (χ0v) is 18.5. The van der Waals surface area contributed by atoms with Crippen LogP contribution in [-0.4, -0.2) is 44.2 Å². The number of esters is 1. The summed E-state index contributed by atoms with van der Waals surface area (Å²) < 4.78 is 10.5. The lowest BCUT2D eigenvalue weighted by molar-refractivity contribution is -0.139. The first-order valence-electron chi connectivity index (χ1n) is 9.96. The van der Waals surface area contributed by atoms with Gasteiger partial charge in [-0.15, -0.1) is 0 Å². The lowest BCUT2D eigenvalue weighted by Crippen LogP contribution is -2.48. The van der Waals surface area contributed by atoms with Crippen molar-refractivity contribution in [3.8, 4) is 5.75 Å². The standard InChI is InChI=1S/C23H26ClN3O4/c1-4-31-22(28)20-19(14-27(2)13-15-5-11-18(30-3)12-6-15)25-23(29)26-21(20)16-7-9-17(24)10-8-16/h5-12,21H,4,13-14H2,1-3H3,(H2,25,26,29). The zero-order valence-electron chi connectivity index (χ0n) is 17.8. The summed E-state index contributed by atoms with van der Waals surface area (Å²) in [5.74, 6) is 0.318. The number of ether oxygens (including phenoxy) is 2. The fourth-order valence-corrected chi connectivity index (χ4v) is 3.59. The molecule has 0 saturated heterocycles. The molecule has 2 N–H and O–H groups in total. The maximum absolute atomic E-state index is 12.8. The second-order valence-electron chi connectivity index (χ2n) is 7.22. The van der Waals surface area contributed by atoms with Crippen molar-refractivity contribution in [3.63, 3.8) is 0 Å². The Hall–Kier alpha value is -3.03. The largest absolute Gasteiger partial charge is 0.497 e. The Kier molecular flexibility index (Phi) is 7.55. The quantitative estimate of drug-likeness (QED) is 0.609. The normalized spacial score (nSPS) is 16.0. The molecule has 0 saturated carbocycles. The number of methoxy groups -OCH3 is 1. The van der Waals surface area contributed by atoms with Crippen molar-refractivity contribution in [1.82, 2.24) is 15.5 Å². The number of hydrogen-bond acceptors (Lipinski definition) is 5. The van der Waals surface area contributed by atoms with Crippen LogP contribution in [0, 0.1) is 0 Å². The van der Waals surface area contributed by atoms with Crippen molar-refractivity contribution >= 4 is 23.6 Å². The number of likely N-dealkylation sites (N-methyl/N-ethyl adjacent to an activating group) is 1. The van der Waals surface area contributed by atoms with Gasteiger partial charge in [-0.05, 0) is 49.4 Å². The van der Waals surface area contributed by atoms with E-state index in [-0.39, 0.29) is 12.6 Å². The van der Waals surface area contributed by atoms with Crippen molar-refractivity contribution in [2.45, 2.75) is 19.5 Å². The second kappa shape index (κ2) is 10.3. The molecule has 1 heterocycles. The SMILES string of the molecule is CCOC(=O)C1=C(CN(C)Cc2ccc(OC)cc2)NC(=O)NC1c1ccc(Cl)cc1. The molecule has 7 nitrogen and oxygen atoms in total. The van der Waals surface area contributed by atoms with Gasteiger partial charge < -0.3 is 20.1 Å². The summed E-state index contributed by atoms with van der Waals surface area (Å²) in [4.78, 5) is 27.3. The maximum atomic E-state index is 12.8. The van der Waals surface area contributed by atoms with Crippen LogP contribution < -0.4 is 15.4 Å². The van der Waals surface area contributed by atoms with Crippen LogP contribution in [0.1, 0.15) is 24.1 Å². The van der Waals surface area contributed by atoms with Crippen molar-refractivity contribution < 1.29 is 19.1 Å². The molecule has 1 unspecified atom stereocenters. The minimum atomic E-state index is -0.630. The summed E-state index contributed by atoms with van der Waals surface area (Å²) >= 11 is 6.00. The molecule has 0 bridgehead atoms. The fourth-order valence-electron chi connectivity index (χ4n) is 3.47. The number of halogens is 1. The summed E-state index contributed by atoms with van der Waals surface area (Å²) in [6.45, 7) is 2.97. The van der Waals surface area contributed by atoms with Gasteiger partial charge in [0, 0.05) is 23.8 Å². The summed E-state index contributed by atoms with van der Waals surface area (Å²) in [6.07, 6.45) is 0. The molecule has 164 valence electrons. The van der Waals surface area contributed by atoms with Crippen molar-refractivity contribution in [1.29, 1.82) is 0 Å². The molecule has 2 aromatic rings. The molecule has 0 spiro atoms. The number of urea groups is 1. The van der Waals surface area contributed by atoms with E-state index in [4.69, 9.17) is 21.1 Å². The van der Waals surface area contributed by atoms with Crippen molar-refractivity contribution in [3.05, 3.63) is 76.0 Å². The summed E-state index contributed by atoms with van der Waals surface area (Å²) in [6, 6.07) is 13.8. The molecule has 1 aliphatic heterocycles. The van der Waals surface area contributed by atoms with Gasteiger partial charge in [-0.25, -0.2) is 9.59 Å². The van der Waals surface area contributed by atoms with Gasteiger partial charge in [-0.2, -0.15) is 0 Å². The van der Waals surface area contributed by atoms with Gasteiger partial charge >= 0.3 is 12.0 Å². The van der Waals surface area contributed by atoms with Crippen molar-refractivity contribution in [2.75, 3.05) is 27.3 Å². The van der Waals surface area contributed by atoms with E-state index in [1.165, 1.54) is 0 Å². The average molecular weight is 444 g/mol. The predicted molar refractivity (Wildman–Crippen MR) is 119 cm³/mol. The Morgan fingerprint density at radius 3 is 2.39 bits per heavy atom. The highest BCUT2D eigenvalue weighted by molar-refractivity contribution is 6.30. The molecule has 31 heavy (non-hydrogen) atoms. The van der Waals surface area contributed by atoms with E-state index in [9.17, 15) is 9.59 Å². The third kappa shape index (κ3) is 5.77. The molecular weight excluding hydrogens is 418 g/mol. The summed E-state index contributed by atoms with van der Waals surface area (Å²) in [7, 11) is 3.55. The van der Waals surface area contributed by atoms with E-state index in [0.717, 1.165) is 16.9 Å². The van der Waals surface area contributed by atoms with Crippen LogP contribution in [0.3, 0.4) is 0 Å². The Balaban J connectivity index is 1.89. The Morgan fingerprint density at radius 2 is 1.77 bits per heavy atom. The van der Waals surface area contributed by atoms with Gasteiger partial charge in [0.1, 0.15) is 5.75 Å². The Labute approximate surface area is 187 Å². The highest BCUT2D eigenvalue weighted by Gasteiger charge is 2.34. The van der Waals surface area contributed by atoms with E-state index in [0.29, 0.717) is 29.4 Å². The Morgan fingerprint density at radius 1 is 1.10 bits per heavy atom. The third-order valence-electron chi connectivity index (χ3n) is 4.89. The molecule has 2 amide bonds. The van der Waals surface area contributed by atoms with Gasteiger partial charge in [0.05, 0.1) is 25.3 Å². The zero-order chi connectivity index (χ0) is 22.4. The van der Waals surface area contributed by atoms with Crippen LogP contribution in [0.5, 0.6) is 5.75 Å². The third-order valence-corrected chi connectivity index (χ3v) is 5.14. The number of rotatable bonds is 8. The molecule has 2 aromatic carbocycles. The van der Waals surface area contributed by atoms with Gasteiger partial charge in [-0.1, -0.05) is 35.9 Å². The lowest BCUT2D eigenvalue weighted by atomic mass is 9.95. The van der Waals surface area contributed by atoms with E-state index in [1.807, 2.05) is 36.2 Å². The number of nitrogens with one attached hydrogen (secondary N) is 2. The van der Waals surface area contributed by atoms with Crippen LogP contribution in [0.2, 0.25) is 5.02 Å². The molecule has 3 rings (SSSR count). The van der Waals surface area contributed by atoms with Crippen LogP contribution in [0.4, 0.5) is 4.79 Å². The molecule has 1 atom stereocenters. The highest BCUT2D eigenvalue weighted by atomic mass is 35.5. The number of carbonyl (C=O) groups is 2. The molecule has 0 aromatic heterocycles. The van der Waals surface area contributed by atoms with E-state index < -0.39 is 12.0 Å². The maximum Gasteiger partial charge on any atom is 0.338 e. The first-order chi connectivity index (χ1) is 14.9. The molecule has 0 aliphatic carbocycles. The topological polar surface area (TPSA) is 79.9 Å². The number of benzene rings is 2. The number of amides is 2. The summed E-state index contributed by atoms with van der Waals surface area (Å²) in [5, 5.41) is 6.19. The average Bonchev–Trinajstić information content (AvgIpc) is 2.74. The van der Waals surface area contributed by atoms with Crippen LogP contribution in [0.15, 0.2) is 59.8 Å². The number of hydrogen-bond donors (Lipinski definition) is 2. The van der Waals surface area contributed by atoms with Crippen LogP contribution in [0.25, 0.3) is 0 Å². The lowest BCUT2D eigenvalue weighted by Gasteiger charge is -2.31. The first kappa shape index (κ1) is 22.7. The molecule has 8 heteroatoms. The van der Waals surface area contributed by atoms with E-state index >= 15 is 0 Å². The molecule has 0 radical (unpaired) electrons. The van der Waals surface area contributed by atoms with Gasteiger partial charge in [0.25, 0.3) is 0 Å². The minimum Gasteiger partial charge on any atom is -0.497 e. The summed E-state index contributed by atoms with van der Waals surface area (Å²) in [5.41, 5.74) is 2.72. The smallest absolute Gasteiger partial charge is 0.338 e. The monoisotopic (exact) mass is 443 g/mol. The van der Waals surface area contributed by atoms with E-state index in [1.54, 1.807) is 38.3 Å². The Bertz CT molecular complexity index is 958. The second-order valence-corrected chi connectivity index (χ2v) is 7.65.